The van der Waals surface area contributed by atoms with Gasteiger partial charge in [0.15, 0.2) is 0 Å². The minimum Gasteiger partial charge on any atom is -0.383 e. The standard InChI is InChI=1S/C12H15ClN2/c1-8-5-6-15-12(14)11(8)9-3-2-4-10(13)7-9/h5-7,10H,2-4H2,1H3,(H2,14,15). The van der Waals surface area contributed by atoms with Gasteiger partial charge in [0.2, 0.25) is 0 Å². The van der Waals surface area contributed by atoms with Crippen LogP contribution in [0.4, 0.5) is 5.82 Å². The Hall–Kier alpha value is -1.02. The van der Waals surface area contributed by atoms with Crippen molar-refractivity contribution in [2.75, 3.05) is 5.73 Å². The predicted octanol–water partition coefficient (Wildman–Crippen LogP) is 3.15. The topological polar surface area (TPSA) is 38.9 Å². The molecule has 0 spiro atoms. The summed E-state index contributed by atoms with van der Waals surface area (Å²) in [4.78, 5) is 4.13. The smallest absolute Gasteiger partial charge is 0.131 e. The Balaban J connectivity index is 2.45. The molecule has 1 aliphatic rings. The van der Waals surface area contributed by atoms with Gasteiger partial charge >= 0.3 is 0 Å². The van der Waals surface area contributed by atoms with Crippen LogP contribution in [-0.2, 0) is 0 Å². The number of allylic oxidation sites excluding steroid dienone is 2. The molecule has 1 aromatic heterocycles. The average Bonchev–Trinajstić information content (AvgIpc) is 2.17. The van der Waals surface area contributed by atoms with Crippen LogP contribution in [-0.4, -0.2) is 10.4 Å². The summed E-state index contributed by atoms with van der Waals surface area (Å²) < 4.78 is 0. The molecule has 1 aromatic rings. The van der Waals surface area contributed by atoms with Gasteiger partial charge < -0.3 is 5.73 Å². The zero-order valence-electron chi connectivity index (χ0n) is 8.83. The molecule has 1 aliphatic carbocycles. The molecule has 1 heterocycles. The Morgan fingerprint density at radius 3 is 3.00 bits per heavy atom. The van der Waals surface area contributed by atoms with Crippen LogP contribution in [0.5, 0.6) is 0 Å². The first kappa shape index (κ1) is 10.5. The zero-order valence-corrected chi connectivity index (χ0v) is 9.59. The molecule has 0 aliphatic heterocycles. The van der Waals surface area contributed by atoms with Crippen molar-refractivity contribution in [1.82, 2.24) is 4.98 Å². The lowest BCUT2D eigenvalue weighted by atomic mass is 9.91. The highest BCUT2D eigenvalue weighted by Crippen LogP contribution is 2.33. The van der Waals surface area contributed by atoms with Crippen molar-refractivity contribution in [3.8, 4) is 0 Å². The Morgan fingerprint density at radius 2 is 2.33 bits per heavy atom. The van der Waals surface area contributed by atoms with Crippen LogP contribution in [0.2, 0.25) is 0 Å². The molecule has 3 heteroatoms. The Morgan fingerprint density at radius 1 is 1.53 bits per heavy atom. The zero-order chi connectivity index (χ0) is 10.8. The highest BCUT2D eigenvalue weighted by atomic mass is 35.5. The fourth-order valence-electron chi connectivity index (χ4n) is 2.08. The minimum atomic E-state index is 0.146. The van der Waals surface area contributed by atoms with Gasteiger partial charge in [0.25, 0.3) is 0 Å². The van der Waals surface area contributed by atoms with Gasteiger partial charge in [0.1, 0.15) is 5.82 Å². The molecular formula is C12H15ClN2. The third-order valence-electron chi connectivity index (χ3n) is 2.82. The molecule has 1 unspecified atom stereocenters. The number of aryl methyl sites for hydroxylation is 1. The second-order valence-corrected chi connectivity index (χ2v) is 4.55. The third-order valence-corrected chi connectivity index (χ3v) is 3.16. The number of nitrogen functional groups attached to an aromatic ring is 1. The summed E-state index contributed by atoms with van der Waals surface area (Å²) in [6, 6.07) is 1.99. The van der Waals surface area contributed by atoms with E-state index in [1.165, 1.54) is 11.1 Å². The first-order chi connectivity index (χ1) is 7.18. The number of hydrogen-bond acceptors (Lipinski definition) is 2. The van der Waals surface area contributed by atoms with E-state index in [0.29, 0.717) is 5.82 Å². The van der Waals surface area contributed by atoms with Crippen LogP contribution in [0.25, 0.3) is 5.57 Å². The van der Waals surface area contributed by atoms with E-state index in [2.05, 4.69) is 18.0 Å². The molecule has 0 fully saturated rings. The Bertz CT molecular complexity index is 378. The lowest BCUT2D eigenvalue weighted by Gasteiger charge is -2.19. The molecule has 1 atom stereocenters. The first-order valence-electron chi connectivity index (χ1n) is 5.24. The summed E-state index contributed by atoms with van der Waals surface area (Å²) in [6.07, 6.45) is 7.11. The van der Waals surface area contributed by atoms with Crippen LogP contribution in [0.3, 0.4) is 0 Å². The summed E-state index contributed by atoms with van der Waals surface area (Å²) >= 11 is 6.13. The van der Waals surface area contributed by atoms with Crippen molar-refractivity contribution in [1.29, 1.82) is 0 Å². The number of halogens is 1. The molecule has 2 rings (SSSR count). The molecular weight excluding hydrogens is 208 g/mol. The van der Waals surface area contributed by atoms with Crippen molar-refractivity contribution in [2.45, 2.75) is 31.6 Å². The lowest BCUT2D eigenvalue weighted by Crippen LogP contribution is -2.06. The number of alkyl halides is 1. The molecule has 0 bridgehead atoms. The highest BCUT2D eigenvalue weighted by molar-refractivity contribution is 6.22. The van der Waals surface area contributed by atoms with E-state index < -0.39 is 0 Å². The average molecular weight is 223 g/mol. The summed E-state index contributed by atoms with van der Waals surface area (Å²) in [5.41, 5.74) is 9.42. The van der Waals surface area contributed by atoms with E-state index in [-0.39, 0.29) is 5.38 Å². The van der Waals surface area contributed by atoms with Crippen molar-refractivity contribution in [3.05, 3.63) is 29.5 Å². The Labute approximate surface area is 95.2 Å². The van der Waals surface area contributed by atoms with Crippen LogP contribution in [0.1, 0.15) is 30.4 Å². The molecule has 2 N–H and O–H groups in total. The molecule has 0 saturated heterocycles. The van der Waals surface area contributed by atoms with Gasteiger partial charge in [-0.25, -0.2) is 4.98 Å². The number of hydrogen-bond donors (Lipinski definition) is 1. The van der Waals surface area contributed by atoms with Crippen molar-refractivity contribution >= 4 is 23.0 Å². The number of pyridine rings is 1. The van der Waals surface area contributed by atoms with Gasteiger partial charge in [-0.3, -0.25) is 0 Å². The fraction of sp³-hybridized carbons (Fsp3) is 0.417. The van der Waals surface area contributed by atoms with E-state index in [1.807, 2.05) is 6.07 Å². The molecule has 2 nitrogen and oxygen atoms in total. The molecule has 0 radical (unpaired) electrons. The van der Waals surface area contributed by atoms with Crippen molar-refractivity contribution < 1.29 is 0 Å². The second kappa shape index (κ2) is 4.23. The molecule has 0 amide bonds. The monoisotopic (exact) mass is 222 g/mol. The summed E-state index contributed by atoms with van der Waals surface area (Å²) in [7, 11) is 0. The quantitative estimate of drug-likeness (QED) is 0.742. The normalized spacial score (nSPS) is 21.2. The molecule has 0 aromatic carbocycles. The lowest BCUT2D eigenvalue weighted by molar-refractivity contribution is 0.747. The number of anilines is 1. The minimum absolute atomic E-state index is 0.146. The second-order valence-electron chi connectivity index (χ2n) is 3.99. The SMILES string of the molecule is Cc1ccnc(N)c1C1=CC(Cl)CCC1. The van der Waals surface area contributed by atoms with Gasteiger partial charge in [0.05, 0.1) is 5.38 Å². The third kappa shape index (κ3) is 2.15. The van der Waals surface area contributed by atoms with Gasteiger partial charge in [-0.2, -0.15) is 0 Å². The van der Waals surface area contributed by atoms with Gasteiger partial charge in [-0.05, 0) is 43.4 Å². The summed E-state index contributed by atoms with van der Waals surface area (Å²) in [6.45, 7) is 2.06. The first-order valence-corrected chi connectivity index (χ1v) is 5.68. The maximum atomic E-state index is 6.13. The van der Waals surface area contributed by atoms with Crippen LogP contribution in [0, 0.1) is 6.92 Å². The van der Waals surface area contributed by atoms with Crippen molar-refractivity contribution in [3.63, 3.8) is 0 Å². The van der Waals surface area contributed by atoms with Gasteiger partial charge in [0, 0.05) is 11.8 Å². The number of nitrogens with two attached hydrogens (primary N) is 1. The van der Waals surface area contributed by atoms with Crippen LogP contribution < -0.4 is 5.73 Å². The van der Waals surface area contributed by atoms with Gasteiger partial charge in [-0.1, -0.05) is 6.08 Å². The molecule has 15 heavy (non-hydrogen) atoms. The maximum absolute atomic E-state index is 6.13. The summed E-state index contributed by atoms with van der Waals surface area (Å²) in [5, 5.41) is 0.146. The van der Waals surface area contributed by atoms with Crippen LogP contribution in [0.15, 0.2) is 18.3 Å². The molecule has 0 saturated carbocycles. The van der Waals surface area contributed by atoms with E-state index in [4.69, 9.17) is 17.3 Å². The maximum Gasteiger partial charge on any atom is 0.131 e. The number of nitrogens with zero attached hydrogens (tertiary/aromatic N) is 1. The van der Waals surface area contributed by atoms with E-state index >= 15 is 0 Å². The summed E-state index contributed by atoms with van der Waals surface area (Å²) in [5.74, 6) is 0.618. The van der Waals surface area contributed by atoms with E-state index in [0.717, 1.165) is 24.8 Å². The van der Waals surface area contributed by atoms with E-state index in [1.54, 1.807) is 6.20 Å². The van der Waals surface area contributed by atoms with Gasteiger partial charge in [-0.15, -0.1) is 11.6 Å². The number of aromatic nitrogens is 1. The predicted molar refractivity (Wildman–Crippen MR) is 64.9 cm³/mol. The fourth-order valence-corrected chi connectivity index (χ4v) is 2.38. The van der Waals surface area contributed by atoms with Crippen molar-refractivity contribution in [2.24, 2.45) is 0 Å². The Kier molecular flexibility index (Phi) is 2.96. The molecule has 80 valence electrons. The number of rotatable bonds is 1. The highest BCUT2D eigenvalue weighted by Gasteiger charge is 2.16. The largest absolute Gasteiger partial charge is 0.383 e. The van der Waals surface area contributed by atoms with Crippen LogP contribution >= 0.6 is 11.6 Å². The van der Waals surface area contributed by atoms with E-state index in [9.17, 15) is 0 Å².